The van der Waals surface area contributed by atoms with Gasteiger partial charge in [-0.25, -0.2) is 13.1 Å². The van der Waals surface area contributed by atoms with Gasteiger partial charge in [0, 0.05) is 35.9 Å². The molecule has 0 aliphatic carbocycles. The van der Waals surface area contributed by atoms with E-state index in [9.17, 15) is 18.0 Å². The van der Waals surface area contributed by atoms with Gasteiger partial charge < -0.3 is 10.6 Å². The third-order valence-electron chi connectivity index (χ3n) is 4.32. The lowest BCUT2D eigenvalue weighted by atomic mass is 10.1. The van der Waals surface area contributed by atoms with Crippen LogP contribution in [0.25, 0.3) is 0 Å². The second-order valence-electron chi connectivity index (χ2n) is 6.82. The minimum absolute atomic E-state index is 0.165. The molecule has 3 aromatic rings. The number of sulfonamides is 1. The zero-order valence-electron chi connectivity index (χ0n) is 17.1. The lowest BCUT2D eigenvalue weighted by Crippen LogP contribution is -2.25. The Labute approximate surface area is 186 Å². The molecule has 164 valence electrons. The maximum absolute atomic E-state index is 12.6. The fraction of sp³-hybridized carbons (Fsp3) is 0.0870. The molecule has 0 radical (unpaired) electrons. The molecule has 0 atom stereocenters. The van der Waals surface area contributed by atoms with Crippen LogP contribution in [0.15, 0.2) is 85.7 Å². The SMILES string of the molecule is C=CCNS(=O)(=O)Cc1ccc(NC(=O)c2cccc(NC(=O)c3cccnc3)c2)cc1. The molecule has 3 N–H and O–H groups in total. The summed E-state index contributed by atoms with van der Waals surface area (Å²) in [7, 11) is -3.46. The number of hydrogen-bond acceptors (Lipinski definition) is 5. The highest BCUT2D eigenvalue weighted by atomic mass is 32.2. The molecular formula is C23H22N4O4S. The Bertz CT molecular complexity index is 1210. The summed E-state index contributed by atoms with van der Waals surface area (Å²) in [5.41, 5.74) is 2.33. The predicted molar refractivity (Wildman–Crippen MR) is 124 cm³/mol. The number of pyridine rings is 1. The van der Waals surface area contributed by atoms with Gasteiger partial charge in [0.15, 0.2) is 0 Å². The summed E-state index contributed by atoms with van der Waals surface area (Å²) in [6.07, 6.45) is 4.50. The number of aromatic nitrogens is 1. The van der Waals surface area contributed by atoms with Gasteiger partial charge in [0.25, 0.3) is 11.8 Å². The number of hydrogen-bond donors (Lipinski definition) is 3. The molecule has 0 bridgehead atoms. The number of nitrogens with zero attached hydrogens (tertiary/aromatic N) is 1. The highest BCUT2D eigenvalue weighted by Gasteiger charge is 2.12. The second-order valence-corrected chi connectivity index (χ2v) is 8.63. The molecule has 0 aliphatic heterocycles. The van der Waals surface area contributed by atoms with E-state index in [0.29, 0.717) is 28.1 Å². The molecule has 9 heteroatoms. The van der Waals surface area contributed by atoms with Crippen molar-refractivity contribution in [3.05, 3.63) is 102 Å². The molecule has 0 fully saturated rings. The van der Waals surface area contributed by atoms with E-state index in [1.165, 1.54) is 12.3 Å². The molecule has 2 amide bonds. The predicted octanol–water partition coefficient (Wildman–Crippen LogP) is 3.19. The van der Waals surface area contributed by atoms with Crippen molar-refractivity contribution in [3.63, 3.8) is 0 Å². The molecular weight excluding hydrogens is 428 g/mol. The first-order chi connectivity index (χ1) is 15.4. The number of anilines is 2. The largest absolute Gasteiger partial charge is 0.322 e. The minimum atomic E-state index is -3.46. The number of nitrogens with one attached hydrogen (secondary N) is 3. The molecule has 8 nitrogen and oxygen atoms in total. The standard InChI is InChI=1S/C23H22N4O4S/c1-2-12-25-32(30,31)16-17-8-10-20(11-9-17)26-22(28)18-5-3-7-21(14-18)27-23(29)19-6-4-13-24-15-19/h2-11,13-15,25H,1,12,16H2,(H,26,28)(H,27,29). The van der Waals surface area contributed by atoms with Crippen LogP contribution in [0, 0.1) is 0 Å². The Kier molecular flexibility index (Phi) is 7.48. The first-order valence-corrected chi connectivity index (χ1v) is 11.3. The topological polar surface area (TPSA) is 117 Å². The van der Waals surface area contributed by atoms with E-state index in [-0.39, 0.29) is 24.1 Å². The van der Waals surface area contributed by atoms with Crippen LogP contribution in [0.2, 0.25) is 0 Å². The molecule has 0 spiro atoms. The summed E-state index contributed by atoms with van der Waals surface area (Å²) in [6, 6.07) is 16.4. The van der Waals surface area contributed by atoms with E-state index in [2.05, 4.69) is 26.9 Å². The zero-order valence-corrected chi connectivity index (χ0v) is 17.9. The second kappa shape index (κ2) is 10.5. The molecule has 3 rings (SSSR count). The third kappa shape index (κ3) is 6.59. The van der Waals surface area contributed by atoms with Gasteiger partial charge in [-0.3, -0.25) is 14.6 Å². The molecule has 0 aliphatic rings. The number of carbonyl (C=O) groups is 2. The average molecular weight is 451 g/mol. The van der Waals surface area contributed by atoms with Gasteiger partial charge >= 0.3 is 0 Å². The molecule has 2 aromatic carbocycles. The van der Waals surface area contributed by atoms with Crippen molar-refractivity contribution in [2.24, 2.45) is 0 Å². The van der Waals surface area contributed by atoms with Gasteiger partial charge in [0.2, 0.25) is 10.0 Å². The highest BCUT2D eigenvalue weighted by molar-refractivity contribution is 7.88. The van der Waals surface area contributed by atoms with E-state index in [4.69, 9.17) is 0 Å². The minimum Gasteiger partial charge on any atom is -0.322 e. The van der Waals surface area contributed by atoms with Crippen LogP contribution < -0.4 is 15.4 Å². The number of rotatable bonds is 9. The van der Waals surface area contributed by atoms with Crippen molar-refractivity contribution in [2.45, 2.75) is 5.75 Å². The van der Waals surface area contributed by atoms with Crippen LogP contribution in [0.4, 0.5) is 11.4 Å². The van der Waals surface area contributed by atoms with Crippen LogP contribution in [0.1, 0.15) is 26.3 Å². The van der Waals surface area contributed by atoms with Gasteiger partial charge in [-0.05, 0) is 48.0 Å². The summed E-state index contributed by atoms with van der Waals surface area (Å²) < 4.78 is 26.3. The third-order valence-corrected chi connectivity index (χ3v) is 5.64. The Hall–Kier alpha value is -3.82. The number of benzene rings is 2. The Balaban J connectivity index is 1.63. The number of carbonyl (C=O) groups excluding carboxylic acids is 2. The Morgan fingerprint density at radius 2 is 1.59 bits per heavy atom. The molecule has 1 heterocycles. The van der Waals surface area contributed by atoms with E-state index < -0.39 is 10.0 Å². The van der Waals surface area contributed by atoms with Crippen LogP contribution in [-0.4, -0.2) is 31.8 Å². The van der Waals surface area contributed by atoms with E-state index in [1.54, 1.807) is 66.9 Å². The highest BCUT2D eigenvalue weighted by Crippen LogP contribution is 2.16. The monoisotopic (exact) mass is 450 g/mol. The summed E-state index contributed by atoms with van der Waals surface area (Å²) in [4.78, 5) is 28.8. The van der Waals surface area contributed by atoms with Crippen molar-refractivity contribution in [1.82, 2.24) is 9.71 Å². The quantitative estimate of drug-likeness (QED) is 0.433. The maximum Gasteiger partial charge on any atom is 0.257 e. The molecule has 0 unspecified atom stereocenters. The van der Waals surface area contributed by atoms with Crippen molar-refractivity contribution >= 4 is 33.2 Å². The summed E-state index contributed by atoms with van der Waals surface area (Å²) in [5, 5.41) is 5.49. The van der Waals surface area contributed by atoms with Crippen LogP contribution >= 0.6 is 0 Å². The van der Waals surface area contributed by atoms with Gasteiger partial charge in [-0.2, -0.15) is 0 Å². The Morgan fingerprint density at radius 3 is 2.28 bits per heavy atom. The summed E-state index contributed by atoms with van der Waals surface area (Å²) in [5.74, 6) is -0.868. The van der Waals surface area contributed by atoms with Gasteiger partial charge in [-0.15, -0.1) is 6.58 Å². The average Bonchev–Trinajstić information content (AvgIpc) is 2.79. The van der Waals surface area contributed by atoms with Crippen molar-refractivity contribution in [2.75, 3.05) is 17.2 Å². The van der Waals surface area contributed by atoms with Crippen LogP contribution in [0.3, 0.4) is 0 Å². The van der Waals surface area contributed by atoms with Gasteiger partial charge in [0.1, 0.15) is 0 Å². The maximum atomic E-state index is 12.6. The van der Waals surface area contributed by atoms with Gasteiger partial charge in [0.05, 0.1) is 11.3 Å². The fourth-order valence-electron chi connectivity index (χ4n) is 2.78. The smallest absolute Gasteiger partial charge is 0.257 e. The first-order valence-electron chi connectivity index (χ1n) is 9.66. The first kappa shape index (κ1) is 22.9. The zero-order chi connectivity index (χ0) is 23.0. The number of amides is 2. The Morgan fingerprint density at radius 1 is 0.906 bits per heavy atom. The van der Waals surface area contributed by atoms with E-state index >= 15 is 0 Å². The summed E-state index contributed by atoms with van der Waals surface area (Å²) in [6.45, 7) is 3.64. The summed E-state index contributed by atoms with van der Waals surface area (Å²) >= 11 is 0. The lowest BCUT2D eigenvalue weighted by molar-refractivity contribution is 0.101. The normalized spacial score (nSPS) is 10.9. The molecule has 1 aromatic heterocycles. The fourth-order valence-corrected chi connectivity index (χ4v) is 3.89. The van der Waals surface area contributed by atoms with E-state index in [1.807, 2.05) is 0 Å². The lowest BCUT2D eigenvalue weighted by Gasteiger charge is -2.09. The van der Waals surface area contributed by atoms with Crippen molar-refractivity contribution in [3.8, 4) is 0 Å². The van der Waals surface area contributed by atoms with Crippen LogP contribution in [-0.2, 0) is 15.8 Å². The van der Waals surface area contributed by atoms with Crippen LogP contribution in [0.5, 0.6) is 0 Å². The van der Waals surface area contributed by atoms with E-state index in [0.717, 1.165) is 0 Å². The molecule has 32 heavy (non-hydrogen) atoms. The van der Waals surface area contributed by atoms with Crippen molar-refractivity contribution in [1.29, 1.82) is 0 Å². The molecule has 0 saturated carbocycles. The van der Waals surface area contributed by atoms with Gasteiger partial charge in [-0.1, -0.05) is 24.3 Å². The van der Waals surface area contributed by atoms with Crippen molar-refractivity contribution < 1.29 is 18.0 Å². The molecule has 0 saturated heterocycles.